The first-order valence-electron chi connectivity index (χ1n) is 6.98. The van der Waals surface area contributed by atoms with E-state index in [1.54, 1.807) is 13.2 Å². The molecule has 3 nitrogen and oxygen atoms in total. The molecule has 0 saturated carbocycles. The van der Waals surface area contributed by atoms with Crippen molar-refractivity contribution in [1.29, 1.82) is 0 Å². The maximum atomic E-state index is 13.2. The Morgan fingerprint density at radius 1 is 1.14 bits per heavy atom. The van der Waals surface area contributed by atoms with Gasteiger partial charge in [-0.1, -0.05) is 31.2 Å². The van der Waals surface area contributed by atoms with Crippen molar-refractivity contribution in [3.05, 3.63) is 59.4 Å². The fraction of sp³-hybridized carbons (Fsp3) is 0.294. The molecule has 0 radical (unpaired) electrons. The van der Waals surface area contributed by atoms with Crippen molar-refractivity contribution in [3.8, 4) is 11.5 Å². The average molecular weight is 289 g/mol. The molecule has 0 bridgehead atoms. The summed E-state index contributed by atoms with van der Waals surface area (Å²) in [4.78, 5) is 0. The van der Waals surface area contributed by atoms with Crippen molar-refractivity contribution in [2.75, 3.05) is 13.7 Å². The minimum Gasteiger partial charge on any atom is -0.493 e. The molecule has 0 unspecified atom stereocenters. The lowest BCUT2D eigenvalue weighted by atomic mass is 10.1. The second-order valence-electron chi connectivity index (χ2n) is 4.65. The molecule has 21 heavy (non-hydrogen) atoms. The highest BCUT2D eigenvalue weighted by molar-refractivity contribution is 5.46. The largest absolute Gasteiger partial charge is 0.493 e. The average Bonchev–Trinajstić information content (AvgIpc) is 2.51. The standard InChI is InChI=1S/C17H20FNO2/c1-3-19-11-14-7-5-9-16(20-2)17(14)21-12-13-6-4-8-15(18)10-13/h4-10,19H,3,11-12H2,1-2H3. The number of nitrogens with one attached hydrogen (secondary N) is 1. The maximum absolute atomic E-state index is 13.2. The molecule has 0 aromatic heterocycles. The van der Waals surface area contributed by atoms with Crippen LogP contribution in [0.1, 0.15) is 18.1 Å². The highest BCUT2D eigenvalue weighted by Gasteiger charge is 2.10. The Bertz CT molecular complexity index is 587. The van der Waals surface area contributed by atoms with Gasteiger partial charge in [-0.3, -0.25) is 0 Å². The van der Waals surface area contributed by atoms with Crippen molar-refractivity contribution in [1.82, 2.24) is 5.32 Å². The van der Waals surface area contributed by atoms with Gasteiger partial charge in [0.1, 0.15) is 12.4 Å². The van der Waals surface area contributed by atoms with Gasteiger partial charge < -0.3 is 14.8 Å². The van der Waals surface area contributed by atoms with E-state index in [0.29, 0.717) is 24.7 Å². The first-order chi connectivity index (χ1) is 10.2. The number of halogens is 1. The van der Waals surface area contributed by atoms with Crippen LogP contribution in [0.15, 0.2) is 42.5 Å². The van der Waals surface area contributed by atoms with E-state index in [2.05, 4.69) is 5.32 Å². The summed E-state index contributed by atoms with van der Waals surface area (Å²) >= 11 is 0. The summed E-state index contributed by atoms with van der Waals surface area (Å²) in [5.74, 6) is 1.12. The van der Waals surface area contributed by atoms with Gasteiger partial charge in [0, 0.05) is 12.1 Å². The minimum absolute atomic E-state index is 0.260. The van der Waals surface area contributed by atoms with Crippen molar-refractivity contribution in [3.63, 3.8) is 0 Å². The normalized spacial score (nSPS) is 10.4. The molecule has 0 aliphatic carbocycles. The molecule has 0 fully saturated rings. The molecule has 0 spiro atoms. The van der Waals surface area contributed by atoms with Crippen molar-refractivity contribution >= 4 is 0 Å². The van der Waals surface area contributed by atoms with Gasteiger partial charge in [-0.25, -0.2) is 4.39 Å². The zero-order chi connectivity index (χ0) is 15.1. The zero-order valence-electron chi connectivity index (χ0n) is 12.4. The van der Waals surface area contributed by atoms with Gasteiger partial charge in [-0.2, -0.15) is 0 Å². The molecule has 0 aliphatic rings. The van der Waals surface area contributed by atoms with Crippen LogP contribution in [0.2, 0.25) is 0 Å². The summed E-state index contributed by atoms with van der Waals surface area (Å²) in [6.45, 7) is 3.93. The second-order valence-corrected chi connectivity index (χ2v) is 4.65. The van der Waals surface area contributed by atoms with Gasteiger partial charge in [-0.05, 0) is 30.3 Å². The quantitative estimate of drug-likeness (QED) is 0.846. The lowest BCUT2D eigenvalue weighted by molar-refractivity contribution is 0.280. The van der Waals surface area contributed by atoms with Crippen molar-refractivity contribution < 1.29 is 13.9 Å². The van der Waals surface area contributed by atoms with Gasteiger partial charge in [0.2, 0.25) is 0 Å². The SMILES string of the molecule is CCNCc1cccc(OC)c1OCc1cccc(F)c1. The van der Waals surface area contributed by atoms with Gasteiger partial charge in [-0.15, -0.1) is 0 Å². The molecule has 0 atom stereocenters. The van der Waals surface area contributed by atoms with Crippen molar-refractivity contribution in [2.45, 2.75) is 20.1 Å². The maximum Gasteiger partial charge on any atom is 0.166 e. The van der Waals surface area contributed by atoms with Crippen LogP contribution in [0.5, 0.6) is 11.5 Å². The van der Waals surface area contributed by atoms with E-state index in [0.717, 1.165) is 17.7 Å². The van der Waals surface area contributed by atoms with Crippen molar-refractivity contribution in [2.24, 2.45) is 0 Å². The third-order valence-corrected chi connectivity index (χ3v) is 3.12. The topological polar surface area (TPSA) is 30.5 Å². The second kappa shape index (κ2) is 7.64. The number of hydrogen-bond donors (Lipinski definition) is 1. The molecule has 2 aromatic carbocycles. The number of ether oxygens (including phenoxy) is 2. The number of hydrogen-bond acceptors (Lipinski definition) is 3. The molecule has 2 aromatic rings. The van der Waals surface area contributed by atoms with E-state index in [1.165, 1.54) is 12.1 Å². The fourth-order valence-electron chi connectivity index (χ4n) is 2.07. The van der Waals surface area contributed by atoms with E-state index in [1.807, 2.05) is 31.2 Å². The van der Waals surface area contributed by atoms with Crippen LogP contribution in [0, 0.1) is 5.82 Å². The van der Waals surface area contributed by atoms with Gasteiger partial charge in [0.25, 0.3) is 0 Å². The summed E-state index contributed by atoms with van der Waals surface area (Å²) in [6, 6.07) is 12.2. The summed E-state index contributed by atoms with van der Waals surface area (Å²) in [6.07, 6.45) is 0. The number of rotatable bonds is 7. The number of para-hydroxylation sites is 1. The molecule has 1 N–H and O–H groups in total. The van der Waals surface area contributed by atoms with Crippen LogP contribution in [0.25, 0.3) is 0 Å². The van der Waals surface area contributed by atoms with Crippen LogP contribution in [0.3, 0.4) is 0 Å². The third kappa shape index (κ3) is 4.20. The van der Waals surface area contributed by atoms with Crippen LogP contribution in [-0.2, 0) is 13.2 Å². The number of benzene rings is 2. The number of methoxy groups -OCH3 is 1. The molecular weight excluding hydrogens is 269 g/mol. The smallest absolute Gasteiger partial charge is 0.166 e. The van der Waals surface area contributed by atoms with Crippen LogP contribution < -0.4 is 14.8 Å². The zero-order valence-corrected chi connectivity index (χ0v) is 12.4. The monoisotopic (exact) mass is 289 g/mol. The molecule has 0 amide bonds. The Balaban J connectivity index is 2.16. The van der Waals surface area contributed by atoms with Gasteiger partial charge in [0.05, 0.1) is 7.11 Å². The molecular formula is C17H20FNO2. The predicted molar refractivity (Wildman–Crippen MR) is 81.1 cm³/mol. The lowest BCUT2D eigenvalue weighted by Crippen LogP contribution is -2.13. The first-order valence-corrected chi connectivity index (χ1v) is 6.98. The Morgan fingerprint density at radius 2 is 1.95 bits per heavy atom. The molecule has 112 valence electrons. The van der Waals surface area contributed by atoms with E-state index in [9.17, 15) is 4.39 Å². The van der Waals surface area contributed by atoms with Crippen LogP contribution in [-0.4, -0.2) is 13.7 Å². The lowest BCUT2D eigenvalue weighted by Gasteiger charge is -2.15. The van der Waals surface area contributed by atoms with Crippen LogP contribution >= 0.6 is 0 Å². The van der Waals surface area contributed by atoms with E-state index in [-0.39, 0.29) is 5.82 Å². The Kier molecular flexibility index (Phi) is 5.58. The third-order valence-electron chi connectivity index (χ3n) is 3.12. The Hall–Kier alpha value is -2.07. The molecule has 0 heterocycles. The molecule has 0 aliphatic heterocycles. The van der Waals surface area contributed by atoms with E-state index >= 15 is 0 Å². The molecule has 2 rings (SSSR count). The Morgan fingerprint density at radius 3 is 2.67 bits per heavy atom. The van der Waals surface area contributed by atoms with Gasteiger partial charge in [0.15, 0.2) is 11.5 Å². The van der Waals surface area contributed by atoms with E-state index in [4.69, 9.17) is 9.47 Å². The first kappa shape index (κ1) is 15.3. The minimum atomic E-state index is -0.260. The highest BCUT2D eigenvalue weighted by atomic mass is 19.1. The Labute approximate surface area is 124 Å². The summed E-state index contributed by atoms with van der Waals surface area (Å²) < 4.78 is 24.4. The molecule has 0 saturated heterocycles. The summed E-state index contributed by atoms with van der Waals surface area (Å²) in [5, 5.41) is 3.27. The summed E-state index contributed by atoms with van der Waals surface area (Å²) in [5.41, 5.74) is 1.81. The van der Waals surface area contributed by atoms with Crippen LogP contribution in [0.4, 0.5) is 4.39 Å². The predicted octanol–water partition coefficient (Wildman–Crippen LogP) is 3.52. The molecule has 4 heteroatoms. The fourth-order valence-corrected chi connectivity index (χ4v) is 2.07. The van der Waals surface area contributed by atoms with E-state index < -0.39 is 0 Å². The highest BCUT2D eigenvalue weighted by Crippen LogP contribution is 2.31. The van der Waals surface area contributed by atoms with Gasteiger partial charge >= 0.3 is 0 Å². The summed E-state index contributed by atoms with van der Waals surface area (Å²) in [7, 11) is 1.61.